The molecule has 352 valence electrons. The van der Waals surface area contributed by atoms with Crippen LogP contribution in [0.1, 0.15) is 166 Å². The van der Waals surface area contributed by atoms with Crippen LogP contribution in [0.3, 0.4) is 0 Å². The maximum atomic E-state index is 2.89. The second-order valence-electron chi connectivity index (χ2n) is 27.1. The van der Waals surface area contributed by atoms with Gasteiger partial charge in [0.15, 0.2) is 0 Å². The molecule has 5 aliphatic carbocycles. The SMILES string of the molecule is Cc1cc2c3c(c1)N(c1cc4c(cc1C)C(C)(C)CCC4(C)C)c1ccc4ccccc4c1B3n1c3ccc(C45CC(C)CC(CC(C)C4)C5)cc3c3cc(C45CC(C)CC(CC(C)C4)C5)cc-2c31. The Labute approximate surface area is 413 Å². The van der Waals surface area contributed by atoms with Crippen molar-refractivity contribution in [2.75, 3.05) is 4.90 Å². The van der Waals surface area contributed by atoms with E-state index < -0.39 is 0 Å². The first kappa shape index (κ1) is 43.1. The Kier molecular flexibility index (Phi) is 9.02. The quantitative estimate of drug-likeness (QED) is 0.160. The molecule has 2 nitrogen and oxygen atoms in total. The van der Waals surface area contributed by atoms with Crippen LogP contribution in [0.5, 0.6) is 0 Å². The molecule has 7 aliphatic rings. The monoisotopic (exact) mass is 907 g/mol. The predicted molar refractivity (Wildman–Crippen MR) is 295 cm³/mol. The number of hydrogen-bond donors (Lipinski definition) is 0. The van der Waals surface area contributed by atoms with E-state index in [1.165, 1.54) is 171 Å². The number of nitrogens with zero attached hydrogens (tertiary/aromatic N) is 2. The maximum Gasteiger partial charge on any atom is 0.333 e. The fourth-order valence-electron chi connectivity index (χ4n) is 18.4. The molecule has 4 bridgehead atoms. The average molecular weight is 907 g/mol. The zero-order valence-corrected chi connectivity index (χ0v) is 43.6. The minimum Gasteiger partial charge on any atom is -0.375 e. The summed E-state index contributed by atoms with van der Waals surface area (Å²) < 4.78 is 2.89. The van der Waals surface area contributed by atoms with Gasteiger partial charge in [-0.25, -0.2) is 0 Å². The summed E-state index contributed by atoms with van der Waals surface area (Å²) in [6.45, 7) is 25.0. The third-order valence-corrected chi connectivity index (χ3v) is 20.6. The number of hydrogen-bond acceptors (Lipinski definition) is 1. The number of anilines is 3. The van der Waals surface area contributed by atoms with Crippen LogP contribution in [-0.4, -0.2) is 11.3 Å². The molecule has 0 spiro atoms. The van der Waals surface area contributed by atoms with E-state index in [-0.39, 0.29) is 28.5 Å². The molecule has 14 rings (SSSR count). The summed E-state index contributed by atoms with van der Waals surface area (Å²) in [6.07, 6.45) is 16.1. The molecule has 4 atom stereocenters. The number of aromatic nitrogens is 1. The highest BCUT2D eigenvalue weighted by molar-refractivity contribution is 6.91. The summed E-state index contributed by atoms with van der Waals surface area (Å²) in [7, 11) is 0. The Morgan fingerprint density at radius 1 is 0.507 bits per heavy atom. The Morgan fingerprint density at radius 3 is 1.78 bits per heavy atom. The van der Waals surface area contributed by atoms with E-state index in [1.807, 2.05) is 0 Å². The van der Waals surface area contributed by atoms with Gasteiger partial charge in [0.25, 0.3) is 0 Å². The molecule has 7 aromatic rings. The van der Waals surface area contributed by atoms with Crippen LogP contribution < -0.4 is 15.8 Å². The van der Waals surface area contributed by atoms with Gasteiger partial charge in [-0.2, -0.15) is 0 Å². The van der Waals surface area contributed by atoms with E-state index in [0.717, 1.165) is 35.5 Å². The van der Waals surface area contributed by atoms with Gasteiger partial charge in [-0.15, -0.1) is 0 Å². The number of benzene rings is 6. The molecule has 4 fully saturated rings. The summed E-state index contributed by atoms with van der Waals surface area (Å²) in [6, 6.07) is 38.2. The molecule has 1 aromatic heterocycles. The van der Waals surface area contributed by atoms with E-state index in [9.17, 15) is 0 Å². The standard InChI is InChI=1S/C66H75BN2/c1-38-25-51-53-30-48(66-34-41(4)23-45(37-66)24-42(5)35-66)29-52-50-28-47(65-32-39(2)21-44(36-65)22-40(3)33-65)16-18-56(50)69(62(52)53)67-60-49-14-12-11-13-46(49)15-17-57(60)68(59(26-38)61(51)67)58-31-55-54(27-43(58)6)63(7,8)19-20-64(55,9)10/h11-18,25-31,39-42,44-45H,19-24,32-37H2,1-10H3. The van der Waals surface area contributed by atoms with E-state index in [4.69, 9.17) is 0 Å². The molecule has 0 N–H and O–H groups in total. The van der Waals surface area contributed by atoms with Crippen molar-refractivity contribution in [3.8, 4) is 11.1 Å². The number of fused-ring (bicyclic) bond motifs is 14. The molecule has 0 amide bonds. The number of rotatable bonds is 3. The minimum atomic E-state index is 0.0318. The van der Waals surface area contributed by atoms with Gasteiger partial charge in [0.2, 0.25) is 0 Å². The van der Waals surface area contributed by atoms with Crippen LogP contribution in [0.2, 0.25) is 0 Å². The largest absolute Gasteiger partial charge is 0.375 e. The van der Waals surface area contributed by atoms with E-state index in [1.54, 1.807) is 11.1 Å². The van der Waals surface area contributed by atoms with Crippen molar-refractivity contribution in [3.63, 3.8) is 0 Å². The molecule has 4 saturated carbocycles. The Hall–Kier alpha value is -4.76. The van der Waals surface area contributed by atoms with Crippen molar-refractivity contribution >= 4 is 67.4 Å². The summed E-state index contributed by atoms with van der Waals surface area (Å²) in [5.41, 5.74) is 22.6. The second-order valence-corrected chi connectivity index (χ2v) is 27.1. The maximum absolute atomic E-state index is 2.89. The van der Waals surface area contributed by atoms with Gasteiger partial charge in [-0.3, -0.25) is 0 Å². The van der Waals surface area contributed by atoms with Crippen molar-refractivity contribution in [2.45, 2.75) is 168 Å². The number of aryl methyl sites for hydroxylation is 2. The molecule has 6 aromatic carbocycles. The predicted octanol–water partition coefficient (Wildman–Crippen LogP) is 16.5. The summed E-state index contributed by atoms with van der Waals surface area (Å²) >= 11 is 0. The smallest absolute Gasteiger partial charge is 0.333 e. The first-order valence-electron chi connectivity index (χ1n) is 27.7. The fraction of sp³-hybridized carbons (Fsp3) is 0.485. The molecule has 3 heteroatoms. The van der Waals surface area contributed by atoms with Crippen molar-refractivity contribution in [3.05, 3.63) is 124 Å². The van der Waals surface area contributed by atoms with Gasteiger partial charge in [0.05, 0.1) is 0 Å². The Balaban J connectivity index is 1.10. The second kappa shape index (κ2) is 14.4. The van der Waals surface area contributed by atoms with Crippen molar-refractivity contribution < 1.29 is 0 Å². The van der Waals surface area contributed by atoms with Gasteiger partial charge in [-0.1, -0.05) is 104 Å². The molecular weight excluding hydrogens is 832 g/mol. The molecule has 69 heavy (non-hydrogen) atoms. The highest BCUT2D eigenvalue weighted by Crippen LogP contribution is 2.59. The summed E-state index contributed by atoms with van der Waals surface area (Å²) in [5, 5.41) is 5.71. The third kappa shape index (κ3) is 6.10. The lowest BCUT2D eigenvalue weighted by Gasteiger charge is -2.51. The van der Waals surface area contributed by atoms with Gasteiger partial charge < -0.3 is 9.38 Å². The van der Waals surface area contributed by atoms with Crippen LogP contribution >= 0.6 is 0 Å². The molecule has 2 aliphatic heterocycles. The van der Waals surface area contributed by atoms with Crippen molar-refractivity contribution in [1.82, 2.24) is 4.48 Å². The minimum absolute atomic E-state index is 0.0318. The van der Waals surface area contributed by atoms with E-state index in [2.05, 4.69) is 170 Å². The van der Waals surface area contributed by atoms with Gasteiger partial charge in [0, 0.05) is 44.4 Å². The molecule has 0 radical (unpaired) electrons. The first-order valence-corrected chi connectivity index (χ1v) is 27.7. The lowest BCUT2D eigenvalue weighted by atomic mass is 9.44. The Morgan fingerprint density at radius 2 is 1.12 bits per heavy atom. The first-order chi connectivity index (χ1) is 33.0. The topological polar surface area (TPSA) is 8.17 Å². The summed E-state index contributed by atoms with van der Waals surface area (Å²) in [4.78, 5) is 2.74. The lowest BCUT2D eigenvalue weighted by Crippen LogP contribution is -2.57. The Bertz CT molecular complexity index is 3300. The van der Waals surface area contributed by atoms with Crippen LogP contribution in [0.15, 0.2) is 91.0 Å². The van der Waals surface area contributed by atoms with Crippen LogP contribution in [0.25, 0.3) is 43.7 Å². The molecular formula is C66H75BN2. The summed E-state index contributed by atoms with van der Waals surface area (Å²) in [5.74, 6) is 4.76. The van der Waals surface area contributed by atoms with Crippen molar-refractivity contribution in [2.24, 2.45) is 35.5 Å². The van der Waals surface area contributed by atoms with Crippen molar-refractivity contribution in [1.29, 1.82) is 0 Å². The lowest BCUT2D eigenvalue weighted by molar-refractivity contribution is 0.0779. The fourth-order valence-corrected chi connectivity index (χ4v) is 18.4. The van der Waals surface area contributed by atoms with Crippen LogP contribution in [-0.2, 0) is 21.7 Å². The third-order valence-electron chi connectivity index (χ3n) is 20.6. The van der Waals surface area contributed by atoms with Gasteiger partial charge in [0.1, 0.15) is 0 Å². The molecule has 4 unspecified atom stereocenters. The van der Waals surface area contributed by atoms with E-state index >= 15 is 0 Å². The zero-order chi connectivity index (χ0) is 47.3. The normalized spacial score (nSPS) is 30.3. The molecule has 3 heterocycles. The van der Waals surface area contributed by atoms with Crippen LogP contribution in [0.4, 0.5) is 17.1 Å². The van der Waals surface area contributed by atoms with Crippen LogP contribution in [0, 0.1) is 49.4 Å². The van der Waals surface area contributed by atoms with Gasteiger partial charge in [-0.05, 0) is 251 Å². The zero-order valence-electron chi connectivity index (χ0n) is 43.6. The molecule has 0 saturated heterocycles. The highest BCUT2D eigenvalue weighted by atomic mass is 15.2. The average Bonchev–Trinajstić information content (AvgIpc) is 3.62. The highest BCUT2D eigenvalue weighted by Gasteiger charge is 2.50. The van der Waals surface area contributed by atoms with E-state index in [0.29, 0.717) is 0 Å². The van der Waals surface area contributed by atoms with Gasteiger partial charge >= 0.3 is 6.85 Å².